The molecule has 2 heterocycles. The Kier molecular flexibility index (Phi) is 6.05. The molecule has 0 atom stereocenters. The summed E-state index contributed by atoms with van der Waals surface area (Å²) in [6, 6.07) is 35.9. The first-order valence-electron chi connectivity index (χ1n) is 12.0. The molecule has 4 aromatic carbocycles. The summed E-state index contributed by atoms with van der Waals surface area (Å²) in [5.41, 5.74) is 6.53. The molecule has 0 radical (unpaired) electrons. The normalized spacial score (nSPS) is 11.0. The van der Waals surface area contributed by atoms with Gasteiger partial charge in [0.1, 0.15) is 4.83 Å². The largest absolute Gasteiger partial charge is 0.292 e. The number of nitrogens with zero attached hydrogens (tertiary/aromatic N) is 2. The van der Waals surface area contributed by atoms with Crippen molar-refractivity contribution in [1.82, 2.24) is 9.55 Å². The van der Waals surface area contributed by atoms with Gasteiger partial charge in [-0.1, -0.05) is 109 Å². The fraction of sp³-hybridized carbons (Fsp3) is 0.0312. The van der Waals surface area contributed by atoms with Crippen LogP contribution in [0.2, 0.25) is 0 Å². The molecule has 0 saturated heterocycles. The molecule has 5 heteroatoms. The molecule has 0 aliphatic rings. The number of benzene rings is 4. The fourth-order valence-electron chi connectivity index (χ4n) is 4.49. The molecule has 0 bridgehead atoms. The fourth-order valence-corrected chi connectivity index (χ4v) is 5.40. The molecule has 178 valence electrons. The minimum absolute atomic E-state index is 0.0608. The highest BCUT2D eigenvalue weighted by atomic mass is 32.1. The van der Waals surface area contributed by atoms with Crippen molar-refractivity contribution in [3.05, 3.63) is 137 Å². The van der Waals surface area contributed by atoms with Gasteiger partial charge in [0.05, 0.1) is 18.3 Å². The lowest BCUT2D eigenvalue weighted by Crippen LogP contribution is -2.24. The number of Topliss-reactive ketones (excluding diaryl/α,β-unsaturated/α-hetero) is 1. The molecule has 0 aliphatic carbocycles. The highest BCUT2D eigenvalue weighted by Gasteiger charge is 2.16. The maximum absolute atomic E-state index is 13.5. The van der Waals surface area contributed by atoms with E-state index in [1.807, 2.05) is 90.3 Å². The Morgan fingerprint density at radius 3 is 1.78 bits per heavy atom. The second-order valence-electron chi connectivity index (χ2n) is 8.82. The van der Waals surface area contributed by atoms with Crippen molar-refractivity contribution in [2.24, 2.45) is 0 Å². The quantitative estimate of drug-likeness (QED) is 0.226. The molecule has 0 spiro atoms. The van der Waals surface area contributed by atoms with E-state index in [1.165, 1.54) is 22.2 Å². The number of carbonyl (C=O) groups excluding carboxylic acids is 1. The predicted molar refractivity (Wildman–Crippen MR) is 151 cm³/mol. The van der Waals surface area contributed by atoms with Crippen LogP contribution in [0.15, 0.2) is 126 Å². The zero-order valence-electron chi connectivity index (χ0n) is 19.9. The zero-order valence-corrected chi connectivity index (χ0v) is 20.7. The average Bonchev–Trinajstić information content (AvgIpc) is 3.41. The summed E-state index contributed by atoms with van der Waals surface area (Å²) in [6.07, 6.45) is 1.47. The van der Waals surface area contributed by atoms with E-state index in [0.717, 1.165) is 33.4 Å². The second kappa shape index (κ2) is 9.80. The Hall–Kier alpha value is -4.61. The van der Waals surface area contributed by atoms with Gasteiger partial charge in [0.25, 0.3) is 5.56 Å². The Morgan fingerprint density at radius 2 is 1.19 bits per heavy atom. The monoisotopic (exact) mass is 498 g/mol. The van der Waals surface area contributed by atoms with Gasteiger partial charge in [-0.2, -0.15) is 0 Å². The van der Waals surface area contributed by atoms with Crippen molar-refractivity contribution < 1.29 is 4.79 Å². The highest BCUT2D eigenvalue weighted by molar-refractivity contribution is 7.17. The van der Waals surface area contributed by atoms with Gasteiger partial charge in [-0.05, 0) is 27.8 Å². The summed E-state index contributed by atoms with van der Waals surface area (Å²) in [7, 11) is 0. The third kappa shape index (κ3) is 4.53. The number of aromatic nitrogens is 2. The van der Waals surface area contributed by atoms with Crippen LogP contribution in [0.3, 0.4) is 0 Å². The van der Waals surface area contributed by atoms with E-state index >= 15 is 0 Å². The topological polar surface area (TPSA) is 52.0 Å². The Morgan fingerprint density at radius 1 is 0.676 bits per heavy atom. The van der Waals surface area contributed by atoms with Crippen LogP contribution in [0, 0.1) is 0 Å². The van der Waals surface area contributed by atoms with Gasteiger partial charge in [-0.3, -0.25) is 14.2 Å². The number of hydrogen-bond acceptors (Lipinski definition) is 4. The molecule has 0 amide bonds. The molecule has 0 aliphatic heterocycles. The van der Waals surface area contributed by atoms with E-state index in [1.54, 1.807) is 0 Å². The molecular formula is C32H22N2O2S. The molecule has 2 aromatic heterocycles. The van der Waals surface area contributed by atoms with E-state index in [9.17, 15) is 9.59 Å². The van der Waals surface area contributed by atoms with Gasteiger partial charge < -0.3 is 0 Å². The van der Waals surface area contributed by atoms with Crippen LogP contribution in [0.25, 0.3) is 43.6 Å². The minimum Gasteiger partial charge on any atom is -0.292 e. The van der Waals surface area contributed by atoms with Gasteiger partial charge in [-0.25, -0.2) is 4.98 Å². The summed E-state index contributed by atoms with van der Waals surface area (Å²) in [5, 5.41) is 2.51. The van der Waals surface area contributed by atoms with Gasteiger partial charge in [0, 0.05) is 16.5 Å². The molecule has 0 fully saturated rings. The number of carbonyl (C=O) groups is 1. The van der Waals surface area contributed by atoms with E-state index in [4.69, 9.17) is 0 Å². The first kappa shape index (κ1) is 22.8. The maximum Gasteiger partial charge on any atom is 0.263 e. The number of ketones is 1. The van der Waals surface area contributed by atoms with Crippen LogP contribution in [0.4, 0.5) is 0 Å². The molecule has 0 unspecified atom stereocenters. The molecule has 0 saturated carbocycles. The van der Waals surface area contributed by atoms with Crippen molar-refractivity contribution >= 4 is 27.3 Å². The lowest BCUT2D eigenvalue weighted by molar-refractivity contribution is 0.0970. The molecule has 37 heavy (non-hydrogen) atoms. The predicted octanol–water partition coefficient (Wildman–Crippen LogP) is 7.34. The van der Waals surface area contributed by atoms with Gasteiger partial charge in [0.2, 0.25) is 0 Å². The SMILES string of the molecule is O=C(Cn1cnc2scc(-c3ccc(-c4ccccc4)cc3)c2c1=O)c1ccc(-c2ccccc2)cc1. The molecule has 6 rings (SSSR count). The minimum atomic E-state index is -0.206. The number of hydrogen-bond donors (Lipinski definition) is 0. The summed E-state index contributed by atoms with van der Waals surface area (Å²) in [4.78, 5) is 31.6. The standard InChI is InChI=1S/C32H22N2O2S/c35-29(27-17-13-25(14-18-27)23-9-5-2-6-10-23)19-34-21-33-31-30(32(34)36)28(20-37-31)26-15-11-24(12-16-26)22-7-3-1-4-8-22/h1-18,20-21H,19H2. The van der Waals surface area contributed by atoms with Crippen LogP contribution in [0.5, 0.6) is 0 Å². The average molecular weight is 499 g/mol. The van der Waals surface area contributed by atoms with Crippen LogP contribution >= 0.6 is 11.3 Å². The third-order valence-corrected chi connectivity index (χ3v) is 7.38. The highest BCUT2D eigenvalue weighted by Crippen LogP contribution is 2.32. The van der Waals surface area contributed by atoms with Crippen LogP contribution in [-0.4, -0.2) is 15.3 Å². The van der Waals surface area contributed by atoms with Crippen LogP contribution in [-0.2, 0) is 6.54 Å². The van der Waals surface area contributed by atoms with E-state index in [2.05, 4.69) is 29.2 Å². The van der Waals surface area contributed by atoms with Gasteiger partial charge >= 0.3 is 0 Å². The lowest BCUT2D eigenvalue weighted by Gasteiger charge is -2.08. The van der Waals surface area contributed by atoms with Crippen LogP contribution in [0.1, 0.15) is 10.4 Å². The summed E-state index contributed by atoms with van der Waals surface area (Å²) >= 11 is 1.44. The summed E-state index contributed by atoms with van der Waals surface area (Å²) in [6.45, 7) is -0.0608. The third-order valence-electron chi connectivity index (χ3n) is 6.49. The van der Waals surface area contributed by atoms with Crippen molar-refractivity contribution in [2.45, 2.75) is 6.54 Å². The first-order valence-corrected chi connectivity index (χ1v) is 12.9. The van der Waals surface area contributed by atoms with E-state index in [-0.39, 0.29) is 17.9 Å². The lowest BCUT2D eigenvalue weighted by atomic mass is 10.0. The number of thiophene rings is 1. The molecular weight excluding hydrogens is 476 g/mol. The Labute approximate surface area is 218 Å². The second-order valence-corrected chi connectivity index (χ2v) is 9.68. The first-order chi connectivity index (χ1) is 18.2. The smallest absolute Gasteiger partial charge is 0.263 e. The summed E-state index contributed by atoms with van der Waals surface area (Å²) < 4.78 is 1.41. The van der Waals surface area contributed by atoms with E-state index < -0.39 is 0 Å². The van der Waals surface area contributed by atoms with Gasteiger partial charge in [0.15, 0.2) is 5.78 Å². The van der Waals surface area contributed by atoms with Crippen molar-refractivity contribution in [2.75, 3.05) is 0 Å². The summed E-state index contributed by atoms with van der Waals surface area (Å²) in [5.74, 6) is -0.133. The zero-order chi connectivity index (χ0) is 25.2. The maximum atomic E-state index is 13.5. The number of rotatable bonds is 6. The molecule has 4 nitrogen and oxygen atoms in total. The number of fused-ring (bicyclic) bond motifs is 1. The van der Waals surface area contributed by atoms with Crippen molar-refractivity contribution in [1.29, 1.82) is 0 Å². The van der Waals surface area contributed by atoms with Crippen LogP contribution < -0.4 is 5.56 Å². The molecule has 0 N–H and O–H groups in total. The van der Waals surface area contributed by atoms with Gasteiger partial charge in [-0.15, -0.1) is 11.3 Å². The Bertz CT molecular complexity index is 1750. The molecule has 6 aromatic rings. The van der Waals surface area contributed by atoms with E-state index in [0.29, 0.717) is 15.8 Å². The van der Waals surface area contributed by atoms with Crippen molar-refractivity contribution in [3.8, 4) is 33.4 Å². The van der Waals surface area contributed by atoms with Crippen molar-refractivity contribution in [3.63, 3.8) is 0 Å². The Balaban J connectivity index is 1.28.